The van der Waals surface area contributed by atoms with Gasteiger partial charge in [0, 0.05) is 5.56 Å². The highest BCUT2D eigenvalue weighted by Gasteiger charge is 2.21. The summed E-state index contributed by atoms with van der Waals surface area (Å²) in [4.78, 5) is 23.5. The van der Waals surface area contributed by atoms with Gasteiger partial charge in [0.2, 0.25) is 5.76 Å². The number of nitrogens with zero attached hydrogens (tertiary/aromatic N) is 2. The first kappa shape index (κ1) is 18.2. The average molecular weight is 371 g/mol. The number of hydrogen-bond acceptors (Lipinski definition) is 8. The second-order valence-corrected chi connectivity index (χ2v) is 5.28. The number of carbonyl (C=O) groups is 2. The number of esters is 2. The molecule has 27 heavy (non-hydrogen) atoms. The van der Waals surface area contributed by atoms with E-state index in [0.717, 1.165) is 0 Å². The van der Waals surface area contributed by atoms with Crippen molar-refractivity contribution in [2.45, 2.75) is 13.5 Å². The molecule has 0 aliphatic carbocycles. The van der Waals surface area contributed by atoms with Gasteiger partial charge in [-0.1, -0.05) is 12.1 Å². The number of H-pyrrole nitrogens is 1. The third-order valence-corrected chi connectivity index (χ3v) is 3.58. The van der Waals surface area contributed by atoms with E-state index in [1.54, 1.807) is 37.3 Å². The zero-order chi connectivity index (χ0) is 19.2. The summed E-state index contributed by atoms with van der Waals surface area (Å²) in [7, 11) is 1.27. The van der Waals surface area contributed by atoms with Gasteiger partial charge < -0.3 is 18.6 Å². The van der Waals surface area contributed by atoms with Gasteiger partial charge in [-0.05, 0) is 31.2 Å². The first-order valence-corrected chi connectivity index (χ1v) is 8.11. The van der Waals surface area contributed by atoms with Crippen molar-refractivity contribution in [1.82, 2.24) is 15.4 Å². The highest BCUT2D eigenvalue weighted by Crippen LogP contribution is 2.31. The van der Waals surface area contributed by atoms with E-state index in [0.29, 0.717) is 22.8 Å². The lowest BCUT2D eigenvalue weighted by Crippen LogP contribution is -2.07. The summed E-state index contributed by atoms with van der Waals surface area (Å²) in [5, 5.41) is 10.3. The van der Waals surface area contributed by atoms with Crippen molar-refractivity contribution in [2.75, 3.05) is 13.7 Å². The Kier molecular flexibility index (Phi) is 5.50. The fourth-order valence-corrected chi connectivity index (χ4v) is 2.36. The molecule has 0 radical (unpaired) electrons. The summed E-state index contributed by atoms with van der Waals surface area (Å²) >= 11 is 0. The number of para-hydroxylation sites is 1. The predicted molar refractivity (Wildman–Crippen MR) is 92.2 cm³/mol. The molecule has 0 amide bonds. The zero-order valence-electron chi connectivity index (χ0n) is 14.7. The molecule has 0 fully saturated rings. The molecule has 0 atom stereocenters. The number of methoxy groups -OCH3 is 1. The van der Waals surface area contributed by atoms with Gasteiger partial charge in [-0.15, -0.1) is 5.10 Å². The Morgan fingerprint density at radius 2 is 1.93 bits per heavy atom. The van der Waals surface area contributed by atoms with Crippen molar-refractivity contribution in [3.63, 3.8) is 0 Å². The number of rotatable bonds is 7. The van der Waals surface area contributed by atoms with Crippen molar-refractivity contribution in [1.29, 1.82) is 0 Å². The average Bonchev–Trinajstić information content (AvgIpc) is 3.36. The predicted octanol–water partition coefficient (Wildman–Crippen LogP) is 2.61. The summed E-state index contributed by atoms with van der Waals surface area (Å²) in [5.74, 6) is -0.150. The van der Waals surface area contributed by atoms with Crippen LogP contribution in [-0.2, 0) is 16.1 Å². The topological polar surface area (TPSA) is 117 Å². The molecule has 3 aromatic rings. The molecule has 0 aliphatic rings. The van der Waals surface area contributed by atoms with Crippen LogP contribution in [0.15, 0.2) is 40.8 Å². The summed E-state index contributed by atoms with van der Waals surface area (Å²) in [5.41, 5.74) is 0.951. The quantitative estimate of drug-likeness (QED) is 0.630. The van der Waals surface area contributed by atoms with Crippen LogP contribution in [-0.4, -0.2) is 41.1 Å². The van der Waals surface area contributed by atoms with Crippen molar-refractivity contribution >= 4 is 11.9 Å². The third-order valence-electron chi connectivity index (χ3n) is 3.58. The van der Waals surface area contributed by atoms with Crippen LogP contribution < -0.4 is 4.74 Å². The highest BCUT2D eigenvalue weighted by molar-refractivity contribution is 5.94. The Balaban J connectivity index is 1.81. The van der Waals surface area contributed by atoms with Crippen LogP contribution in [0.3, 0.4) is 0 Å². The van der Waals surface area contributed by atoms with Gasteiger partial charge in [-0.2, -0.15) is 10.3 Å². The highest BCUT2D eigenvalue weighted by atomic mass is 16.5. The SMILES string of the molecule is CCOC(=O)c1n[nH]nc1-c1ccccc1OCc1ccc(C(=O)OC)o1. The molecule has 0 saturated carbocycles. The maximum Gasteiger partial charge on any atom is 0.373 e. The monoisotopic (exact) mass is 371 g/mol. The molecule has 3 rings (SSSR count). The van der Waals surface area contributed by atoms with Crippen molar-refractivity contribution in [2.24, 2.45) is 0 Å². The minimum atomic E-state index is -0.579. The van der Waals surface area contributed by atoms with Crippen LogP contribution in [0.25, 0.3) is 11.3 Å². The van der Waals surface area contributed by atoms with E-state index in [1.165, 1.54) is 13.2 Å². The molecule has 0 spiro atoms. The van der Waals surface area contributed by atoms with Crippen molar-refractivity contribution in [3.05, 3.63) is 53.6 Å². The summed E-state index contributed by atoms with van der Waals surface area (Å²) in [6.07, 6.45) is 0. The molecule has 2 heterocycles. The second-order valence-electron chi connectivity index (χ2n) is 5.28. The molecule has 9 nitrogen and oxygen atoms in total. The van der Waals surface area contributed by atoms with Gasteiger partial charge in [-0.3, -0.25) is 0 Å². The van der Waals surface area contributed by atoms with Crippen LogP contribution in [0.2, 0.25) is 0 Å². The number of ether oxygens (including phenoxy) is 3. The van der Waals surface area contributed by atoms with Gasteiger partial charge >= 0.3 is 11.9 Å². The zero-order valence-corrected chi connectivity index (χ0v) is 14.7. The van der Waals surface area contributed by atoms with Gasteiger partial charge in [-0.25, -0.2) is 9.59 Å². The Hall–Kier alpha value is -3.62. The number of benzene rings is 1. The van der Waals surface area contributed by atoms with E-state index >= 15 is 0 Å². The number of nitrogens with one attached hydrogen (secondary N) is 1. The molecule has 0 saturated heterocycles. The van der Waals surface area contributed by atoms with E-state index in [9.17, 15) is 9.59 Å². The number of aromatic amines is 1. The molecule has 0 aliphatic heterocycles. The normalized spacial score (nSPS) is 10.4. The maximum absolute atomic E-state index is 12.0. The lowest BCUT2D eigenvalue weighted by molar-refractivity contribution is 0.0518. The lowest BCUT2D eigenvalue weighted by Gasteiger charge is -2.09. The minimum Gasteiger partial charge on any atom is -0.485 e. The fraction of sp³-hybridized carbons (Fsp3) is 0.222. The Labute approximate surface area is 154 Å². The number of aromatic nitrogens is 3. The standard InChI is InChI=1S/C18H17N3O6/c1-3-25-18(23)16-15(19-21-20-16)12-6-4-5-7-13(12)26-10-11-8-9-14(27-11)17(22)24-2/h4-9H,3,10H2,1-2H3,(H,19,20,21). The molecule has 1 N–H and O–H groups in total. The number of carbonyl (C=O) groups excluding carboxylic acids is 2. The van der Waals surface area contributed by atoms with E-state index in [-0.39, 0.29) is 24.7 Å². The summed E-state index contributed by atoms with van der Waals surface area (Å²) in [6, 6.07) is 10.2. The molecule has 0 unspecified atom stereocenters. The number of furan rings is 1. The van der Waals surface area contributed by atoms with E-state index in [4.69, 9.17) is 13.9 Å². The van der Waals surface area contributed by atoms with Crippen molar-refractivity contribution in [3.8, 4) is 17.0 Å². The van der Waals surface area contributed by atoms with Crippen LogP contribution >= 0.6 is 0 Å². The van der Waals surface area contributed by atoms with Gasteiger partial charge in [0.25, 0.3) is 0 Å². The largest absolute Gasteiger partial charge is 0.485 e. The molecule has 0 bridgehead atoms. The van der Waals surface area contributed by atoms with Gasteiger partial charge in [0.15, 0.2) is 5.69 Å². The van der Waals surface area contributed by atoms with E-state index < -0.39 is 11.9 Å². The van der Waals surface area contributed by atoms with Crippen LogP contribution in [0.1, 0.15) is 33.7 Å². The molecule has 2 aromatic heterocycles. The smallest absolute Gasteiger partial charge is 0.373 e. The summed E-state index contributed by atoms with van der Waals surface area (Å²) in [6.45, 7) is 2.01. The van der Waals surface area contributed by atoms with E-state index in [1.807, 2.05) is 0 Å². The van der Waals surface area contributed by atoms with Crippen molar-refractivity contribution < 1.29 is 28.2 Å². The molecular weight excluding hydrogens is 354 g/mol. The summed E-state index contributed by atoms with van der Waals surface area (Å²) < 4.78 is 20.8. The Morgan fingerprint density at radius 3 is 2.70 bits per heavy atom. The molecular formula is C18H17N3O6. The Bertz CT molecular complexity index is 946. The van der Waals surface area contributed by atoms with Crippen LogP contribution in [0, 0.1) is 0 Å². The molecule has 140 valence electrons. The molecule has 9 heteroatoms. The first-order valence-electron chi connectivity index (χ1n) is 8.11. The van der Waals surface area contributed by atoms with Gasteiger partial charge in [0.1, 0.15) is 23.8 Å². The van der Waals surface area contributed by atoms with Gasteiger partial charge in [0.05, 0.1) is 13.7 Å². The van der Waals surface area contributed by atoms with E-state index in [2.05, 4.69) is 20.1 Å². The maximum atomic E-state index is 12.0. The third kappa shape index (κ3) is 3.97. The Morgan fingerprint density at radius 1 is 1.11 bits per heavy atom. The fourth-order valence-electron chi connectivity index (χ4n) is 2.36. The molecule has 1 aromatic carbocycles. The van der Waals surface area contributed by atoms with Crippen LogP contribution in [0.5, 0.6) is 5.75 Å². The lowest BCUT2D eigenvalue weighted by atomic mass is 10.1. The first-order chi connectivity index (χ1) is 13.1. The minimum absolute atomic E-state index is 0.0684. The number of hydrogen-bond donors (Lipinski definition) is 1. The van der Waals surface area contributed by atoms with Crippen LogP contribution in [0.4, 0.5) is 0 Å². The second kappa shape index (κ2) is 8.17.